The average molecular weight is 297 g/mol. The lowest BCUT2D eigenvalue weighted by Gasteiger charge is -2.24. The van der Waals surface area contributed by atoms with Crippen molar-refractivity contribution in [1.82, 2.24) is 10.2 Å². The van der Waals surface area contributed by atoms with Gasteiger partial charge in [-0.25, -0.2) is 0 Å². The average Bonchev–Trinajstić information content (AvgIpc) is 2.98. The van der Waals surface area contributed by atoms with E-state index in [1.165, 1.54) is 31.2 Å². The minimum atomic E-state index is 0.676. The molecule has 112 valence electrons. The fourth-order valence-electron chi connectivity index (χ4n) is 2.84. The maximum Gasteiger partial charge on any atom is 0.137 e. The van der Waals surface area contributed by atoms with Crippen molar-refractivity contribution in [2.45, 2.75) is 38.3 Å². The van der Waals surface area contributed by atoms with Gasteiger partial charge in [-0.1, -0.05) is 30.5 Å². The van der Waals surface area contributed by atoms with Crippen LogP contribution < -0.4 is 10.1 Å². The second kappa shape index (κ2) is 7.87. The van der Waals surface area contributed by atoms with Crippen LogP contribution in [0, 0.1) is 0 Å². The van der Waals surface area contributed by atoms with Gasteiger partial charge in [-0.15, -0.1) is 0 Å². The molecule has 3 nitrogen and oxygen atoms in total. The zero-order valence-corrected chi connectivity index (χ0v) is 13.2. The Balaban J connectivity index is 1.69. The molecule has 4 heteroatoms. The van der Waals surface area contributed by atoms with Crippen LogP contribution in [0.4, 0.5) is 0 Å². The highest BCUT2D eigenvalue weighted by Crippen LogP contribution is 2.25. The van der Waals surface area contributed by atoms with Crippen LogP contribution >= 0.6 is 11.6 Å². The van der Waals surface area contributed by atoms with Crippen LogP contribution in [0.15, 0.2) is 18.2 Å². The molecule has 0 amide bonds. The van der Waals surface area contributed by atoms with Gasteiger partial charge in [-0.3, -0.25) is 0 Å². The van der Waals surface area contributed by atoms with Crippen molar-refractivity contribution in [2.75, 3.05) is 27.2 Å². The summed E-state index contributed by atoms with van der Waals surface area (Å²) in [4.78, 5) is 2.49. The van der Waals surface area contributed by atoms with Gasteiger partial charge in [0.1, 0.15) is 5.75 Å². The largest absolute Gasteiger partial charge is 0.495 e. The van der Waals surface area contributed by atoms with Crippen LogP contribution in [0.1, 0.15) is 31.2 Å². The highest BCUT2D eigenvalue weighted by molar-refractivity contribution is 6.32. The Labute approximate surface area is 127 Å². The number of halogens is 1. The Bertz CT molecular complexity index is 419. The van der Waals surface area contributed by atoms with Crippen molar-refractivity contribution in [1.29, 1.82) is 0 Å². The standard InChI is InChI=1S/C16H25ClN2O/c1-19(14-5-3-4-6-14)10-9-18-12-13-7-8-16(20-2)15(17)11-13/h7-8,11,14,18H,3-6,9-10,12H2,1-2H3. The number of hydrogen-bond donors (Lipinski definition) is 1. The predicted molar refractivity (Wildman–Crippen MR) is 84.6 cm³/mol. The molecule has 0 heterocycles. The summed E-state index contributed by atoms with van der Waals surface area (Å²) in [5.74, 6) is 0.733. The molecule has 0 bridgehead atoms. The third-order valence-corrected chi connectivity index (χ3v) is 4.43. The van der Waals surface area contributed by atoms with E-state index < -0.39 is 0 Å². The molecule has 1 fully saturated rings. The van der Waals surface area contributed by atoms with Crippen LogP contribution in [0.2, 0.25) is 5.02 Å². The molecule has 1 saturated carbocycles. The smallest absolute Gasteiger partial charge is 0.137 e. The monoisotopic (exact) mass is 296 g/mol. The van der Waals surface area contributed by atoms with Crippen LogP contribution in [0.5, 0.6) is 5.75 Å². The van der Waals surface area contributed by atoms with Crippen LogP contribution in [0.3, 0.4) is 0 Å². The summed E-state index contributed by atoms with van der Waals surface area (Å²) < 4.78 is 5.15. The maximum atomic E-state index is 6.12. The van der Waals surface area contributed by atoms with Crippen LogP contribution in [-0.2, 0) is 6.54 Å². The van der Waals surface area contributed by atoms with Crippen molar-refractivity contribution < 1.29 is 4.74 Å². The van der Waals surface area contributed by atoms with Crippen molar-refractivity contribution in [3.05, 3.63) is 28.8 Å². The fourth-order valence-corrected chi connectivity index (χ4v) is 3.12. The SMILES string of the molecule is COc1ccc(CNCCN(C)C2CCCC2)cc1Cl. The highest BCUT2D eigenvalue weighted by atomic mass is 35.5. The number of benzene rings is 1. The van der Waals surface area contributed by atoms with E-state index in [-0.39, 0.29) is 0 Å². The molecule has 1 N–H and O–H groups in total. The van der Waals surface area contributed by atoms with Gasteiger partial charge in [0.15, 0.2) is 0 Å². The predicted octanol–water partition coefficient (Wildman–Crippen LogP) is 3.31. The van der Waals surface area contributed by atoms with Gasteiger partial charge >= 0.3 is 0 Å². The topological polar surface area (TPSA) is 24.5 Å². The third-order valence-electron chi connectivity index (χ3n) is 4.13. The second-order valence-electron chi connectivity index (χ2n) is 5.56. The summed E-state index contributed by atoms with van der Waals surface area (Å²) in [7, 11) is 3.87. The zero-order valence-electron chi connectivity index (χ0n) is 12.5. The van der Waals surface area contributed by atoms with E-state index in [1.807, 2.05) is 12.1 Å². The molecule has 0 aromatic heterocycles. The molecule has 0 aliphatic heterocycles. The first-order valence-corrected chi connectivity index (χ1v) is 7.82. The molecule has 0 saturated heterocycles. The molecule has 1 aromatic carbocycles. The number of rotatable bonds is 7. The first kappa shape index (κ1) is 15.6. The summed E-state index contributed by atoms with van der Waals surface area (Å²) in [6, 6.07) is 6.74. The first-order chi connectivity index (χ1) is 9.70. The van der Waals surface area contributed by atoms with Gasteiger partial charge in [-0.2, -0.15) is 0 Å². The van der Waals surface area contributed by atoms with Crippen molar-refractivity contribution >= 4 is 11.6 Å². The molecule has 20 heavy (non-hydrogen) atoms. The van der Waals surface area contributed by atoms with E-state index in [0.29, 0.717) is 5.02 Å². The lowest BCUT2D eigenvalue weighted by molar-refractivity contribution is 0.245. The maximum absolute atomic E-state index is 6.12. The summed E-state index contributed by atoms with van der Waals surface area (Å²) in [6.07, 6.45) is 5.52. The third kappa shape index (κ3) is 4.37. The quantitative estimate of drug-likeness (QED) is 0.781. The molecule has 1 aromatic rings. The molecule has 1 aliphatic rings. The number of nitrogens with one attached hydrogen (secondary N) is 1. The van der Waals surface area contributed by atoms with Gasteiger partial charge < -0.3 is 15.0 Å². The normalized spacial score (nSPS) is 16.0. The van der Waals surface area contributed by atoms with Crippen molar-refractivity contribution in [3.63, 3.8) is 0 Å². The van der Waals surface area contributed by atoms with Crippen LogP contribution in [0.25, 0.3) is 0 Å². The van der Waals surface area contributed by atoms with Gasteiger partial charge in [-0.05, 0) is 37.6 Å². The molecule has 0 unspecified atom stereocenters. The molecule has 2 rings (SSSR count). The molecule has 0 spiro atoms. The summed E-state index contributed by atoms with van der Waals surface area (Å²) in [6.45, 7) is 2.97. The van der Waals surface area contributed by atoms with Gasteiger partial charge in [0, 0.05) is 25.7 Å². The lowest BCUT2D eigenvalue weighted by Crippen LogP contribution is -2.35. The number of hydrogen-bond acceptors (Lipinski definition) is 3. The number of ether oxygens (including phenoxy) is 1. The summed E-state index contributed by atoms with van der Waals surface area (Å²) in [5.41, 5.74) is 1.19. The minimum Gasteiger partial charge on any atom is -0.495 e. The van der Waals surface area contributed by atoms with Gasteiger partial charge in [0.05, 0.1) is 12.1 Å². The minimum absolute atomic E-state index is 0.676. The van der Waals surface area contributed by atoms with E-state index in [9.17, 15) is 0 Å². The van der Waals surface area contributed by atoms with Crippen molar-refractivity contribution in [3.8, 4) is 5.75 Å². The highest BCUT2D eigenvalue weighted by Gasteiger charge is 2.18. The van der Waals surface area contributed by atoms with E-state index in [4.69, 9.17) is 16.3 Å². The Morgan fingerprint density at radius 3 is 2.75 bits per heavy atom. The molecule has 0 atom stereocenters. The number of nitrogens with zero attached hydrogens (tertiary/aromatic N) is 1. The van der Waals surface area contributed by atoms with Gasteiger partial charge in [0.25, 0.3) is 0 Å². The second-order valence-corrected chi connectivity index (χ2v) is 5.97. The Hall–Kier alpha value is -0.770. The number of likely N-dealkylation sites (N-methyl/N-ethyl adjacent to an activating group) is 1. The Kier molecular flexibility index (Phi) is 6.14. The summed E-state index contributed by atoms with van der Waals surface area (Å²) in [5, 5.41) is 4.16. The van der Waals surface area contributed by atoms with E-state index >= 15 is 0 Å². The summed E-state index contributed by atoms with van der Waals surface area (Å²) >= 11 is 6.12. The van der Waals surface area contributed by atoms with E-state index in [1.54, 1.807) is 7.11 Å². The molecular formula is C16H25ClN2O. The molecule has 0 radical (unpaired) electrons. The van der Waals surface area contributed by atoms with Crippen LogP contribution in [-0.4, -0.2) is 38.2 Å². The van der Waals surface area contributed by atoms with Gasteiger partial charge in [0.2, 0.25) is 0 Å². The van der Waals surface area contributed by atoms with E-state index in [0.717, 1.165) is 31.4 Å². The zero-order chi connectivity index (χ0) is 14.4. The fraction of sp³-hybridized carbons (Fsp3) is 0.625. The molecular weight excluding hydrogens is 272 g/mol. The van der Waals surface area contributed by atoms with E-state index in [2.05, 4.69) is 23.3 Å². The number of methoxy groups -OCH3 is 1. The molecule has 1 aliphatic carbocycles. The first-order valence-electron chi connectivity index (χ1n) is 7.44. The lowest BCUT2D eigenvalue weighted by atomic mass is 10.2. The Morgan fingerprint density at radius 2 is 2.10 bits per heavy atom. The Morgan fingerprint density at radius 1 is 1.35 bits per heavy atom. The van der Waals surface area contributed by atoms with Crippen molar-refractivity contribution in [2.24, 2.45) is 0 Å².